The molecule has 0 saturated carbocycles. The highest BCUT2D eigenvalue weighted by Crippen LogP contribution is 2.04. The molecule has 18 heavy (non-hydrogen) atoms. The molecule has 1 heterocycles. The molecule has 0 spiro atoms. The summed E-state index contributed by atoms with van der Waals surface area (Å²) in [6.45, 7) is 2.49. The number of hydrogen-bond acceptors (Lipinski definition) is 7. The molecule has 104 valence electrons. The Kier molecular flexibility index (Phi) is 4.76. The predicted molar refractivity (Wildman–Crippen MR) is 62.1 cm³/mol. The first-order valence-electron chi connectivity index (χ1n) is 5.28. The van der Waals surface area contributed by atoms with Gasteiger partial charge in [0.1, 0.15) is 0 Å². The van der Waals surface area contributed by atoms with Crippen molar-refractivity contribution in [1.29, 1.82) is 0 Å². The largest absolute Gasteiger partial charge is 0.481 e. The number of rotatable bonds is 6. The molecular formula is C8H17N4O5S+. The summed E-state index contributed by atoms with van der Waals surface area (Å²) in [4.78, 5) is 0. The van der Waals surface area contributed by atoms with Gasteiger partial charge < -0.3 is 10.1 Å². The second-order valence-electron chi connectivity index (χ2n) is 3.55. The van der Waals surface area contributed by atoms with Crippen LogP contribution in [0, 0.1) is 0 Å². The lowest BCUT2D eigenvalue weighted by atomic mass is 10.4. The molecular weight excluding hydrogens is 264 g/mol. The van der Waals surface area contributed by atoms with Crippen LogP contribution in [0.25, 0.3) is 0 Å². The zero-order valence-electron chi connectivity index (χ0n) is 9.87. The molecule has 0 saturated heterocycles. The highest BCUT2D eigenvalue weighted by Gasteiger charge is 2.29. The zero-order valence-corrected chi connectivity index (χ0v) is 10.7. The fourth-order valence-corrected chi connectivity index (χ4v) is 1.59. The summed E-state index contributed by atoms with van der Waals surface area (Å²) in [5, 5.41) is 2.62. The van der Waals surface area contributed by atoms with Gasteiger partial charge in [-0.2, -0.15) is 12.7 Å². The number of nitrogens with two attached hydrogens (primary N) is 2. The van der Waals surface area contributed by atoms with E-state index in [2.05, 4.69) is 9.60 Å². The third-order valence-electron chi connectivity index (χ3n) is 2.01. The SMILES string of the molecule is CCCCOC1=CC(N)=[N+](OS(=O)(=O)O)C(N)N1. The minimum Gasteiger partial charge on any atom is -0.479 e. The van der Waals surface area contributed by atoms with Gasteiger partial charge in [-0.25, -0.2) is 0 Å². The summed E-state index contributed by atoms with van der Waals surface area (Å²) in [6.07, 6.45) is 2.05. The molecule has 1 aliphatic heterocycles. The van der Waals surface area contributed by atoms with E-state index in [1.807, 2.05) is 6.92 Å². The normalized spacial score (nSPS) is 20.2. The maximum atomic E-state index is 10.6. The third kappa shape index (κ3) is 4.39. The highest BCUT2D eigenvalue weighted by atomic mass is 32.3. The fourth-order valence-electron chi connectivity index (χ4n) is 1.21. The molecule has 6 N–H and O–H groups in total. The Bertz CT molecular complexity index is 458. The van der Waals surface area contributed by atoms with E-state index < -0.39 is 16.7 Å². The van der Waals surface area contributed by atoms with Gasteiger partial charge in [-0.15, -0.1) is 0 Å². The Balaban J connectivity index is 2.77. The van der Waals surface area contributed by atoms with Crippen molar-refractivity contribution < 1.29 is 26.7 Å². The first-order chi connectivity index (χ1) is 8.33. The van der Waals surface area contributed by atoms with Crippen LogP contribution in [0.4, 0.5) is 0 Å². The van der Waals surface area contributed by atoms with E-state index in [-0.39, 0.29) is 5.84 Å². The van der Waals surface area contributed by atoms with E-state index in [4.69, 9.17) is 20.8 Å². The lowest BCUT2D eigenvalue weighted by Gasteiger charge is -2.21. The van der Waals surface area contributed by atoms with E-state index in [1.165, 1.54) is 6.08 Å². The minimum atomic E-state index is -4.69. The van der Waals surface area contributed by atoms with Crippen molar-refractivity contribution in [3.8, 4) is 0 Å². The second kappa shape index (κ2) is 5.89. The molecule has 1 unspecified atom stereocenters. The predicted octanol–water partition coefficient (Wildman–Crippen LogP) is -1.41. The molecule has 0 aromatic carbocycles. The number of nitrogens with zero attached hydrogens (tertiary/aromatic N) is 1. The van der Waals surface area contributed by atoms with Crippen LogP contribution < -0.4 is 16.8 Å². The minimum absolute atomic E-state index is 0.106. The van der Waals surface area contributed by atoms with Crippen LogP contribution in [-0.2, 0) is 19.4 Å². The lowest BCUT2D eigenvalue weighted by molar-refractivity contribution is -0.776. The van der Waals surface area contributed by atoms with Crippen molar-refractivity contribution in [3.63, 3.8) is 0 Å². The molecule has 0 aromatic rings. The second-order valence-corrected chi connectivity index (χ2v) is 4.56. The Morgan fingerprint density at radius 2 is 2.28 bits per heavy atom. The van der Waals surface area contributed by atoms with Crippen molar-refractivity contribution in [3.05, 3.63) is 12.0 Å². The van der Waals surface area contributed by atoms with Crippen molar-refractivity contribution in [2.24, 2.45) is 11.5 Å². The summed E-state index contributed by atoms with van der Waals surface area (Å²) in [6, 6.07) is 0. The molecule has 10 heteroatoms. The molecule has 0 bridgehead atoms. The average Bonchev–Trinajstić information content (AvgIpc) is 2.23. The fraction of sp³-hybridized carbons (Fsp3) is 0.625. The summed E-state index contributed by atoms with van der Waals surface area (Å²) >= 11 is 0. The van der Waals surface area contributed by atoms with Crippen LogP contribution in [0.15, 0.2) is 12.0 Å². The molecule has 1 aliphatic rings. The molecule has 0 fully saturated rings. The molecule has 1 atom stereocenters. The lowest BCUT2D eigenvalue weighted by Crippen LogP contribution is -2.54. The van der Waals surface area contributed by atoms with Crippen LogP contribution in [0.1, 0.15) is 19.8 Å². The van der Waals surface area contributed by atoms with Crippen molar-refractivity contribution in [1.82, 2.24) is 5.32 Å². The Hall–Kier alpha value is -1.52. The average molecular weight is 281 g/mol. The van der Waals surface area contributed by atoms with Crippen LogP contribution in [0.3, 0.4) is 0 Å². The van der Waals surface area contributed by atoms with E-state index in [1.54, 1.807) is 0 Å². The maximum absolute atomic E-state index is 10.6. The molecule has 0 aromatic heterocycles. The highest BCUT2D eigenvalue weighted by molar-refractivity contribution is 7.80. The number of amidine groups is 1. The van der Waals surface area contributed by atoms with E-state index in [0.717, 1.165) is 12.8 Å². The van der Waals surface area contributed by atoms with Gasteiger partial charge in [-0.1, -0.05) is 13.3 Å². The smallest absolute Gasteiger partial charge is 0.479 e. The van der Waals surface area contributed by atoms with Gasteiger partial charge >= 0.3 is 16.2 Å². The first-order valence-corrected chi connectivity index (χ1v) is 6.65. The van der Waals surface area contributed by atoms with Gasteiger partial charge in [-0.05, 0) is 11.2 Å². The van der Waals surface area contributed by atoms with Gasteiger partial charge in [-0.3, -0.25) is 16.0 Å². The maximum Gasteiger partial charge on any atom is 0.481 e. The summed E-state index contributed by atoms with van der Waals surface area (Å²) in [7, 11) is -4.69. The molecule has 0 amide bonds. The number of nitrogens with one attached hydrogen (secondary N) is 1. The van der Waals surface area contributed by atoms with Gasteiger partial charge in [0, 0.05) is 0 Å². The van der Waals surface area contributed by atoms with E-state index in [0.29, 0.717) is 17.2 Å². The molecule has 0 aliphatic carbocycles. The van der Waals surface area contributed by atoms with Crippen molar-refractivity contribution in [2.75, 3.05) is 6.61 Å². The number of ether oxygens (including phenoxy) is 1. The van der Waals surface area contributed by atoms with Crippen molar-refractivity contribution in [2.45, 2.75) is 26.1 Å². The molecule has 1 rings (SSSR count). The number of hydrogen-bond donors (Lipinski definition) is 4. The first kappa shape index (κ1) is 14.5. The third-order valence-corrected chi connectivity index (χ3v) is 2.36. The topological polar surface area (TPSA) is 140 Å². The Labute approximate surface area is 105 Å². The molecule has 9 nitrogen and oxygen atoms in total. The number of unbranched alkanes of at least 4 members (excludes halogenated alkanes) is 1. The van der Waals surface area contributed by atoms with Gasteiger partial charge in [0.2, 0.25) is 0 Å². The van der Waals surface area contributed by atoms with Gasteiger partial charge in [0.25, 0.3) is 6.29 Å². The van der Waals surface area contributed by atoms with Crippen LogP contribution >= 0.6 is 0 Å². The standard InChI is InChI=1S/C8H16N4O5S/c1-2-3-4-16-7-5-6(9)12(8(10)11-7)17-18(13,14)15/h5,8H,2-4,10H2,1H3,(H3,9,11,13,14,15)/p+1. The van der Waals surface area contributed by atoms with E-state index >= 15 is 0 Å². The quantitative estimate of drug-likeness (QED) is 0.264. The molecule has 0 radical (unpaired) electrons. The van der Waals surface area contributed by atoms with Gasteiger partial charge in [0.15, 0.2) is 5.88 Å². The van der Waals surface area contributed by atoms with Gasteiger partial charge in [0.05, 0.1) is 12.7 Å². The van der Waals surface area contributed by atoms with Crippen LogP contribution in [-0.4, -0.2) is 36.4 Å². The monoisotopic (exact) mass is 281 g/mol. The summed E-state index contributed by atoms with van der Waals surface area (Å²) in [5.41, 5.74) is 11.1. The summed E-state index contributed by atoms with van der Waals surface area (Å²) < 4.78 is 39.8. The Morgan fingerprint density at radius 1 is 1.61 bits per heavy atom. The van der Waals surface area contributed by atoms with Crippen LogP contribution in [0.2, 0.25) is 0 Å². The van der Waals surface area contributed by atoms with E-state index in [9.17, 15) is 8.42 Å². The zero-order chi connectivity index (χ0) is 13.8. The summed E-state index contributed by atoms with van der Waals surface area (Å²) in [5.74, 6) is 0.203. The van der Waals surface area contributed by atoms with Crippen LogP contribution in [0.5, 0.6) is 0 Å². The van der Waals surface area contributed by atoms with Crippen molar-refractivity contribution >= 4 is 16.2 Å². The number of hydroxylamine groups is 1. The Morgan fingerprint density at radius 3 is 2.78 bits per heavy atom.